The van der Waals surface area contributed by atoms with Crippen molar-refractivity contribution >= 4 is 11.6 Å². The summed E-state index contributed by atoms with van der Waals surface area (Å²) in [6.07, 6.45) is 8.44. The highest BCUT2D eigenvalue weighted by molar-refractivity contribution is 5.90. The van der Waals surface area contributed by atoms with Gasteiger partial charge in [-0.15, -0.1) is 6.58 Å². The zero-order valence-electron chi connectivity index (χ0n) is 10.5. The first kappa shape index (κ1) is 12.8. The van der Waals surface area contributed by atoms with Gasteiger partial charge in [-0.25, -0.2) is 0 Å². The number of nitrogens with zero attached hydrogens (tertiary/aromatic N) is 2. The van der Waals surface area contributed by atoms with Crippen LogP contribution < -0.4 is 5.32 Å². The standard InChI is InChI=1S/C13H19N3O2/c1-2-3-4-13(17)15-11-9-14-16(10-11)12-5-7-18-8-6-12/h2,9-10,12H,1,3-8H2,(H,15,17). The molecule has 1 amide bonds. The smallest absolute Gasteiger partial charge is 0.224 e. The molecular weight excluding hydrogens is 230 g/mol. The summed E-state index contributed by atoms with van der Waals surface area (Å²) in [5, 5.41) is 7.13. The Bertz CT molecular complexity index is 408. The molecule has 18 heavy (non-hydrogen) atoms. The van der Waals surface area contributed by atoms with Crippen molar-refractivity contribution in [3.63, 3.8) is 0 Å². The van der Waals surface area contributed by atoms with Crippen LogP contribution in [0.4, 0.5) is 5.69 Å². The maximum absolute atomic E-state index is 11.5. The topological polar surface area (TPSA) is 56.2 Å². The summed E-state index contributed by atoms with van der Waals surface area (Å²) in [5.41, 5.74) is 0.760. The monoisotopic (exact) mass is 249 g/mol. The quantitative estimate of drug-likeness (QED) is 0.813. The number of allylic oxidation sites excluding steroid dienone is 1. The van der Waals surface area contributed by atoms with Crippen LogP contribution in [0.15, 0.2) is 25.0 Å². The predicted molar refractivity (Wildman–Crippen MR) is 69.4 cm³/mol. The van der Waals surface area contributed by atoms with E-state index in [-0.39, 0.29) is 5.91 Å². The molecule has 1 aromatic rings. The minimum atomic E-state index is 0.00132. The first-order chi connectivity index (χ1) is 8.79. The summed E-state index contributed by atoms with van der Waals surface area (Å²) in [6.45, 7) is 5.16. The first-order valence-electron chi connectivity index (χ1n) is 6.32. The molecule has 1 saturated heterocycles. The molecule has 5 heteroatoms. The number of hydrogen-bond acceptors (Lipinski definition) is 3. The van der Waals surface area contributed by atoms with Crippen LogP contribution in [-0.4, -0.2) is 28.9 Å². The van der Waals surface area contributed by atoms with Gasteiger partial charge >= 0.3 is 0 Å². The summed E-state index contributed by atoms with van der Waals surface area (Å²) >= 11 is 0. The average Bonchev–Trinajstić information content (AvgIpc) is 2.86. The van der Waals surface area contributed by atoms with E-state index in [1.807, 2.05) is 10.9 Å². The summed E-state index contributed by atoms with van der Waals surface area (Å²) in [4.78, 5) is 11.5. The van der Waals surface area contributed by atoms with E-state index in [0.717, 1.165) is 31.7 Å². The Morgan fingerprint density at radius 3 is 3.11 bits per heavy atom. The molecule has 0 saturated carbocycles. The van der Waals surface area contributed by atoms with Crippen LogP contribution in [0.3, 0.4) is 0 Å². The van der Waals surface area contributed by atoms with Crippen molar-refractivity contribution in [1.82, 2.24) is 9.78 Å². The van der Waals surface area contributed by atoms with E-state index < -0.39 is 0 Å². The van der Waals surface area contributed by atoms with Gasteiger partial charge in [0.2, 0.25) is 5.91 Å². The van der Waals surface area contributed by atoms with E-state index >= 15 is 0 Å². The van der Waals surface area contributed by atoms with E-state index in [0.29, 0.717) is 18.9 Å². The van der Waals surface area contributed by atoms with Crippen LogP contribution in [-0.2, 0) is 9.53 Å². The van der Waals surface area contributed by atoms with Crippen molar-refractivity contribution < 1.29 is 9.53 Å². The molecule has 98 valence electrons. The molecule has 1 N–H and O–H groups in total. The number of rotatable bonds is 5. The molecule has 0 radical (unpaired) electrons. The Balaban J connectivity index is 1.89. The van der Waals surface area contributed by atoms with Gasteiger partial charge in [-0.3, -0.25) is 9.48 Å². The molecule has 1 aromatic heterocycles. The molecule has 0 bridgehead atoms. The first-order valence-corrected chi connectivity index (χ1v) is 6.32. The Hall–Kier alpha value is -1.62. The number of ether oxygens (including phenoxy) is 1. The average molecular weight is 249 g/mol. The molecule has 5 nitrogen and oxygen atoms in total. The van der Waals surface area contributed by atoms with Crippen molar-refractivity contribution in [3.8, 4) is 0 Å². The third-order valence-electron chi connectivity index (χ3n) is 3.03. The van der Waals surface area contributed by atoms with Crippen LogP contribution in [0, 0.1) is 0 Å². The minimum Gasteiger partial charge on any atom is -0.381 e. The predicted octanol–water partition coefficient (Wildman–Crippen LogP) is 2.14. The van der Waals surface area contributed by atoms with E-state index in [1.54, 1.807) is 12.3 Å². The number of carbonyl (C=O) groups is 1. The van der Waals surface area contributed by atoms with Gasteiger partial charge in [0.15, 0.2) is 0 Å². The van der Waals surface area contributed by atoms with Gasteiger partial charge in [-0.05, 0) is 19.3 Å². The van der Waals surface area contributed by atoms with Gasteiger partial charge in [0.25, 0.3) is 0 Å². The maximum atomic E-state index is 11.5. The number of carbonyl (C=O) groups excluding carboxylic acids is 1. The van der Waals surface area contributed by atoms with Crippen LogP contribution in [0.2, 0.25) is 0 Å². The summed E-state index contributed by atoms with van der Waals surface area (Å²) < 4.78 is 7.24. The zero-order chi connectivity index (χ0) is 12.8. The number of amides is 1. The van der Waals surface area contributed by atoms with E-state index in [9.17, 15) is 4.79 Å². The largest absolute Gasteiger partial charge is 0.381 e. The summed E-state index contributed by atoms with van der Waals surface area (Å²) in [5.74, 6) is 0.00132. The number of anilines is 1. The SMILES string of the molecule is C=CCCC(=O)Nc1cnn(C2CCOCC2)c1. The van der Waals surface area contributed by atoms with Crippen molar-refractivity contribution in [1.29, 1.82) is 0 Å². The normalized spacial score (nSPS) is 16.4. The van der Waals surface area contributed by atoms with Crippen molar-refractivity contribution in [3.05, 3.63) is 25.0 Å². The molecule has 0 aromatic carbocycles. The number of hydrogen-bond donors (Lipinski definition) is 1. The third-order valence-corrected chi connectivity index (χ3v) is 3.03. The molecule has 0 aliphatic carbocycles. The molecular formula is C13H19N3O2. The molecule has 0 spiro atoms. The fourth-order valence-electron chi connectivity index (χ4n) is 2.01. The lowest BCUT2D eigenvalue weighted by molar-refractivity contribution is -0.116. The van der Waals surface area contributed by atoms with E-state index in [4.69, 9.17) is 4.74 Å². The molecule has 1 fully saturated rings. The van der Waals surface area contributed by atoms with Crippen LogP contribution >= 0.6 is 0 Å². The molecule has 1 aliphatic rings. The van der Waals surface area contributed by atoms with Gasteiger partial charge in [-0.1, -0.05) is 6.08 Å². The van der Waals surface area contributed by atoms with Crippen LogP contribution in [0.1, 0.15) is 31.7 Å². The lowest BCUT2D eigenvalue weighted by Crippen LogP contribution is -2.19. The van der Waals surface area contributed by atoms with Crippen molar-refractivity contribution in [2.45, 2.75) is 31.7 Å². The van der Waals surface area contributed by atoms with Crippen LogP contribution in [0.5, 0.6) is 0 Å². The minimum absolute atomic E-state index is 0.00132. The second-order valence-electron chi connectivity index (χ2n) is 4.43. The molecule has 0 unspecified atom stereocenters. The second-order valence-corrected chi connectivity index (χ2v) is 4.43. The van der Waals surface area contributed by atoms with Gasteiger partial charge in [0.1, 0.15) is 0 Å². The van der Waals surface area contributed by atoms with Crippen LogP contribution in [0.25, 0.3) is 0 Å². The zero-order valence-corrected chi connectivity index (χ0v) is 10.5. The summed E-state index contributed by atoms with van der Waals surface area (Å²) in [6, 6.07) is 0.387. The molecule has 1 aliphatic heterocycles. The van der Waals surface area contributed by atoms with Crippen molar-refractivity contribution in [2.75, 3.05) is 18.5 Å². The number of nitrogens with one attached hydrogen (secondary N) is 1. The van der Waals surface area contributed by atoms with E-state index in [1.165, 1.54) is 0 Å². The molecule has 0 atom stereocenters. The van der Waals surface area contributed by atoms with E-state index in [2.05, 4.69) is 17.0 Å². The highest BCUT2D eigenvalue weighted by Gasteiger charge is 2.16. The fraction of sp³-hybridized carbons (Fsp3) is 0.538. The Kier molecular flexibility index (Phi) is 4.52. The Morgan fingerprint density at radius 1 is 1.61 bits per heavy atom. The van der Waals surface area contributed by atoms with Gasteiger partial charge in [-0.2, -0.15) is 5.10 Å². The maximum Gasteiger partial charge on any atom is 0.224 e. The lowest BCUT2D eigenvalue weighted by atomic mass is 10.1. The molecule has 2 heterocycles. The second kappa shape index (κ2) is 6.35. The Morgan fingerprint density at radius 2 is 2.39 bits per heavy atom. The highest BCUT2D eigenvalue weighted by atomic mass is 16.5. The third kappa shape index (κ3) is 3.43. The fourth-order valence-corrected chi connectivity index (χ4v) is 2.01. The molecule has 2 rings (SSSR count). The number of aromatic nitrogens is 2. The van der Waals surface area contributed by atoms with Gasteiger partial charge < -0.3 is 10.1 Å². The lowest BCUT2D eigenvalue weighted by Gasteiger charge is -2.22. The Labute approximate surface area is 107 Å². The van der Waals surface area contributed by atoms with Gasteiger partial charge in [0, 0.05) is 25.8 Å². The summed E-state index contributed by atoms with van der Waals surface area (Å²) in [7, 11) is 0. The van der Waals surface area contributed by atoms with Gasteiger partial charge in [0.05, 0.1) is 17.9 Å². The van der Waals surface area contributed by atoms with Crippen molar-refractivity contribution in [2.24, 2.45) is 0 Å². The highest BCUT2D eigenvalue weighted by Crippen LogP contribution is 2.21.